The molecule has 17 nitrogen and oxygen atoms in total. The first kappa shape index (κ1) is 77.7. The molecule has 0 spiro atoms. The molecule has 0 saturated carbocycles. The normalized spacial score (nSPS) is 18.7. The first-order valence-corrected chi connectivity index (χ1v) is 36.5. The number of rotatable bonds is 14. The average molecular weight is 1410 g/mol. The van der Waals surface area contributed by atoms with Gasteiger partial charge in [-0.1, -0.05) is 206 Å². The maximum absolute atomic E-state index is 11.2. The van der Waals surface area contributed by atoms with Crippen molar-refractivity contribution in [3.8, 4) is 0 Å². The third kappa shape index (κ3) is 22.5. The summed E-state index contributed by atoms with van der Waals surface area (Å²) in [6.45, 7) is 26.2. The number of nitrogens with one attached hydrogen (secondary N) is 3. The number of hydrogen-bond acceptors (Lipinski definition) is 16. The summed E-state index contributed by atoms with van der Waals surface area (Å²) in [5.74, 6) is 0. The van der Waals surface area contributed by atoms with Gasteiger partial charge < -0.3 is 36.2 Å². The molecule has 98 heavy (non-hydrogen) atoms. The zero-order valence-corrected chi connectivity index (χ0v) is 61.3. The van der Waals surface area contributed by atoms with Crippen LogP contribution < -0.4 is 16.4 Å². The average Bonchev–Trinajstić information content (AvgIpc) is 1.67. The van der Waals surface area contributed by atoms with Gasteiger partial charge in [0.15, 0.2) is 0 Å². The minimum absolute atomic E-state index is 0. The monoisotopic (exact) mass is 1410 g/mol. The summed E-state index contributed by atoms with van der Waals surface area (Å²) in [6, 6.07) is 69.8. The van der Waals surface area contributed by atoms with Gasteiger partial charge in [0, 0.05) is 148 Å². The van der Waals surface area contributed by atoms with Crippen molar-refractivity contribution in [2.24, 2.45) is 5.73 Å². The molecule has 8 heterocycles. The lowest BCUT2D eigenvalue weighted by Crippen LogP contribution is -2.63. The first-order valence-electron chi connectivity index (χ1n) is 34.3. The van der Waals surface area contributed by atoms with Crippen LogP contribution in [0.2, 0.25) is 0 Å². The highest BCUT2D eigenvalue weighted by molar-refractivity contribution is 7.86. The van der Waals surface area contributed by atoms with Gasteiger partial charge in [0.25, 0.3) is 10.1 Å². The molecule has 7 aromatic carbocycles. The number of aliphatic hydroxyl groups is 1. The summed E-state index contributed by atoms with van der Waals surface area (Å²) in [7, 11) is 3.20. The number of hydrogen-bond donors (Lipinski definition) is 5. The summed E-state index contributed by atoms with van der Waals surface area (Å²) < 4.78 is 27.5. The summed E-state index contributed by atoms with van der Waals surface area (Å²) >= 11 is 4.94. The number of thiocarbonyl (C=S) groups is 1. The smallest absolute Gasteiger partial charge is 0.264 e. The minimum atomic E-state index is -3.39. The van der Waals surface area contributed by atoms with Crippen LogP contribution in [0.4, 0.5) is 0 Å². The van der Waals surface area contributed by atoms with E-state index in [-0.39, 0.29) is 49.1 Å². The van der Waals surface area contributed by atoms with E-state index < -0.39 is 10.1 Å². The predicted octanol–water partition coefficient (Wildman–Crippen LogP) is 8.98. The zero-order chi connectivity index (χ0) is 67.4. The van der Waals surface area contributed by atoms with Gasteiger partial charge in [-0.25, -0.2) is 0 Å². The Hall–Kier alpha value is -6.05. The number of likely N-dealkylation sites (tertiary alicyclic amines) is 3. The van der Waals surface area contributed by atoms with Crippen LogP contribution >= 0.6 is 37.0 Å². The third-order valence-corrected chi connectivity index (χ3v) is 20.0. The lowest BCUT2D eigenvalue weighted by molar-refractivity contribution is -0.0160. The summed E-state index contributed by atoms with van der Waals surface area (Å²) in [5.41, 5.74) is 17.4. The van der Waals surface area contributed by atoms with Crippen molar-refractivity contribution >= 4 is 63.0 Å². The molecule has 15 rings (SSSR count). The van der Waals surface area contributed by atoms with Gasteiger partial charge in [0.2, 0.25) is 0 Å². The summed E-state index contributed by atoms with van der Waals surface area (Å²) in [4.78, 5) is 20.0. The van der Waals surface area contributed by atoms with E-state index in [9.17, 15) is 13.5 Å². The van der Waals surface area contributed by atoms with E-state index in [2.05, 4.69) is 221 Å². The molecule has 7 aliphatic rings. The summed E-state index contributed by atoms with van der Waals surface area (Å²) in [5, 5.41) is 24.2. The van der Waals surface area contributed by atoms with Crippen LogP contribution in [0, 0.1) is 13.8 Å². The number of benzene rings is 7. The first-order chi connectivity index (χ1) is 46.5. The van der Waals surface area contributed by atoms with E-state index in [1.807, 2.05) is 68.4 Å². The van der Waals surface area contributed by atoms with Crippen LogP contribution in [-0.4, -0.2) is 250 Å². The van der Waals surface area contributed by atoms with Gasteiger partial charge in [-0.2, -0.15) is 13.5 Å². The lowest BCUT2D eigenvalue weighted by atomic mass is 9.92. The number of aliphatic hydroxyl groups excluding tert-OH is 1. The number of halogens is 2. The van der Waals surface area contributed by atoms with Gasteiger partial charge in [0.05, 0.1) is 41.7 Å². The molecule has 7 aliphatic heterocycles. The SMILES string of the molecule is CN1CCN(C2CN(C(c3ccccc3)c3ccccc3)C2)CC1.CN1CCN(C2CNC2)CC1.CN1CCNCC1.CS(=O)(=O)OC1CN(C(c2ccccc2)c2ccccc2)C1.Cc1cc(C)c2n[nH]c(C(N)=S)c2c1.Cl.Cl.OC1CN(C(c2ccccc2)c2ccccc2)C1. The van der Waals surface area contributed by atoms with Gasteiger partial charge >= 0.3 is 0 Å². The van der Waals surface area contributed by atoms with E-state index in [4.69, 9.17) is 22.1 Å². The molecular formula is C77H105Cl2N13O4S2. The molecule has 0 radical (unpaired) electrons. The molecule has 8 aromatic rings. The number of β-amino-alcohol motifs (C(OH)–C–C–N with tert-alkyl or cyclic N) is 1. The Kier molecular flexibility index (Phi) is 30.7. The van der Waals surface area contributed by atoms with E-state index in [0.29, 0.717) is 24.1 Å². The number of aryl methyl sites for hydroxylation is 2. The number of fused-ring (bicyclic) bond motifs is 1. The van der Waals surface area contributed by atoms with E-state index >= 15 is 0 Å². The third-order valence-electron chi connectivity index (χ3n) is 19.2. The van der Waals surface area contributed by atoms with Crippen LogP contribution in [0.1, 0.15) is 68.3 Å². The molecule has 21 heteroatoms. The predicted molar refractivity (Wildman–Crippen MR) is 410 cm³/mol. The number of aromatic nitrogens is 2. The number of nitrogens with two attached hydrogens (primary N) is 1. The van der Waals surface area contributed by atoms with Crippen LogP contribution in [0.3, 0.4) is 0 Å². The van der Waals surface area contributed by atoms with Gasteiger partial charge in [-0.3, -0.25) is 33.8 Å². The number of aromatic amines is 1. The maximum Gasteiger partial charge on any atom is 0.264 e. The second kappa shape index (κ2) is 38.7. The fourth-order valence-corrected chi connectivity index (χ4v) is 14.4. The Bertz CT molecular complexity index is 3570. The molecule has 528 valence electrons. The van der Waals surface area contributed by atoms with Crippen molar-refractivity contribution in [3.63, 3.8) is 0 Å². The quantitative estimate of drug-likeness (QED) is 0.0516. The maximum atomic E-state index is 11.2. The van der Waals surface area contributed by atoms with E-state index in [0.717, 1.165) is 66.7 Å². The number of likely N-dealkylation sites (N-methyl/N-ethyl adjacent to an activating group) is 3. The van der Waals surface area contributed by atoms with Crippen LogP contribution in [0.25, 0.3) is 10.9 Å². The van der Waals surface area contributed by atoms with E-state index in [1.165, 1.54) is 131 Å². The van der Waals surface area contributed by atoms with Gasteiger partial charge in [0.1, 0.15) is 11.1 Å². The number of nitrogens with zero attached hydrogens (tertiary/aromatic N) is 9. The molecule has 6 N–H and O–H groups in total. The Morgan fingerprint density at radius 1 is 0.510 bits per heavy atom. The van der Waals surface area contributed by atoms with Crippen molar-refractivity contribution in [3.05, 3.63) is 244 Å². The molecule has 1 aromatic heterocycles. The molecule has 7 fully saturated rings. The molecule has 0 atom stereocenters. The fraction of sp³-hybridized carbons (Fsp3) is 0.429. The Balaban J connectivity index is 0.000000154. The highest BCUT2D eigenvalue weighted by Gasteiger charge is 2.39. The molecule has 0 bridgehead atoms. The Morgan fingerprint density at radius 3 is 1.17 bits per heavy atom. The van der Waals surface area contributed by atoms with Crippen molar-refractivity contribution in [1.82, 2.24) is 60.0 Å². The highest BCUT2D eigenvalue weighted by atomic mass is 35.5. The van der Waals surface area contributed by atoms with Crippen molar-refractivity contribution in [2.45, 2.75) is 56.3 Å². The molecule has 0 amide bonds. The minimum Gasteiger partial charge on any atom is -0.390 e. The second-order valence-electron chi connectivity index (χ2n) is 26.7. The number of H-pyrrole nitrogens is 1. The van der Waals surface area contributed by atoms with E-state index in [1.54, 1.807) is 0 Å². The Morgan fingerprint density at radius 2 is 0.857 bits per heavy atom. The van der Waals surface area contributed by atoms with Crippen molar-refractivity contribution in [1.29, 1.82) is 0 Å². The molecule has 7 saturated heterocycles. The van der Waals surface area contributed by atoms with Crippen LogP contribution in [-0.2, 0) is 14.3 Å². The molecule has 0 unspecified atom stereocenters. The lowest BCUT2D eigenvalue weighted by Gasteiger charge is -2.50. The standard InChI is InChI=1S/C21H27N3.C17H19NO3S.C16H17NO.C10H11N3S.C8H17N3.C5H12N2.2ClH/c1-22-12-14-23(15-13-22)20-16-24(17-20)21(18-8-4-2-5-9-18)19-10-6-3-7-11-19;1-22(19,20)21-16-12-18(13-16)17(14-8-4-2-5-9-14)15-10-6-3-7-11-15;18-15-11-17(12-15)16(13-7-3-1-4-8-13)14-9-5-2-6-10-14;1-5-3-6(2)8-7(4-5)9(10(11)14)13-12-8;1-10-2-4-11(5-3-10)8-6-9-7-8;1-7-4-2-6-3-5-7;;/h2-11,20-21H,12-17H2,1H3;2-11,16-17H,12-13H2,1H3;1-10,15-16,18H,11-12H2;3-4H,1-2H3,(H2,11,14)(H,12,13);8-9H,2-7H2,1H3;6H,2-5H2,1H3;2*1H. The number of piperazine rings is 3. The topological polar surface area (TPSA) is 168 Å². The van der Waals surface area contributed by atoms with Gasteiger partial charge in [-0.05, 0) is 80.0 Å². The van der Waals surface area contributed by atoms with Gasteiger partial charge in [-0.15, -0.1) is 24.8 Å². The zero-order valence-electron chi connectivity index (χ0n) is 58.1. The molecule has 0 aliphatic carbocycles. The molecular weight excluding hydrogens is 1310 g/mol. The van der Waals surface area contributed by atoms with Crippen LogP contribution in [0.15, 0.2) is 194 Å². The second-order valence-corrected chi connectivity index (χ2v) is 28.8. The highest BCUT2D eigenvalue weighted by Crippen LogP contribution is 2.36. The summed E-state index contributed by atoms with van der Waals surface area (Å²) in [6.07, 6.45) is 0.687. The fourth-order valence-electron chi connectivity index (χ4n) is 13.6. The van der Waals surface area contributed by atoms with Crippen LogP contribution in [0.5, 0.6) is 0 Å². The Labute approximate surface area is 601 Å². The largest absolute Gasteiger partial charge is 0.390 e. The van der Waals surface area contributed by atoms with Crippen molar-refractivity contribution in [2.75, 3.05) is 158 Å². The van der Waals surface area contributed by atoms with Crippen molar-refractivity contribution < 1.29 is 17.7 Å².